The highest BCUT2D eigenvalue weighted by atomic mass is 16.1. The minimum absolute atomic E-state index is 0.257. The second-order valence-electron chi connectivity index (χ2n) is 3.95. The van der Waals surface area contributed by atoms with Crippen molar-refractivity contribution in [2.45, 2.75) is 13.3 Å². The number of aromatic nitrogens is 3. The maximum atomic E-state index is 11.3. The first-order chi connectivity index (χ1) is 9.25. The van der Waals surface area contributed by atoms with Crippen molar-refractivity contribution < 1.29 is 0 Å². The molecule has 0 fully saturated rings. The van der Waals surface area contributed by atoms with E-state index in [1.165, 1.54) is 5.56 Å². The summed E-state index contributed by atoms with van der Waals surface area (Å²) >= 11 is 0. The molecular formula is C13H15N5O. The predicted molar refractivity (Wildman–Crippen MR) is 73.4 cm³/mol. The van der Waals surface area contributed by atoms with Crippen LogP contribution in [0.4, 0.5) is 5.95 Å². The molecule has 98 valence electrons. The summed E-state index contributed by atoms with van der Waals surface area (Å²) in [6.07, 6.45) is 4.53. The smallest absolute Gasteiger partial charge is 0.274 e. The van der Waals surface area contributed by atoms with Crippen LogP contribution in [0.15, 0.2) is 47.4 Å². The number of nitrogens with zero attached hydrogens (tertiary/aromatic N) is 2. The van der Waals surface area contributed by atoms with E-state index in [1.807, 2.05) is 24.3 Å². The molecule has 1 aromatic heterocycles. The highest BCUT2D eigenvalue weighted by Gasteiger charge is 1.97. The van der Waals surface area contributed by atoms with Gasteiger partial charge in [0.05, 0.1) is 0 Å². The number of hydrazine groups is 1. The Morgan fingerprint density at radius 3 is 2.79 bits per heavy atom. The lowest BCUT2D eigenvalue weighted by molar-refractivity contribution is 0.870. The number of allylic oxidation sites excluding steroid dienone is 1. The molecule has 0 aliphatic heterocycles. The van der Waals surface area contributed by atoms with Gasteiger partial charge in [-0.05, 0) is 18.9 Å². The van der Waals surface area contributed by atoms with Gasteiger partial charge in [-0.25, -0.2) is 0 Å². The van der Waals surface area contributed by atoms with Crippen LogP contribution in [0.3, 0.4) is 0 Å². The van der Waals surface area contributed by atoms with E-state index in [0.29, 0.717) is 5.69 Å². The van der Waals surface area contributed by atoms with Crippen molar-refractivity contribution >= 4 is 5.95 Å². The van der Waals surface area contributed by atoms with Gasteiger partial charge in [0, 0.05) is 6.20 Å². The first-order valence-corrected chi connectivity index (χ1v) is 5.90. The standard InChI is InChI=1S/C13H15N5O/c1-10-12(19)15-13(18-16-10)17-14-9-5-8-11-6-3-2-4-7-11/h2-7,9,14H,8H2,1H3,(H2,15,17,18,19). The van der Waals surface area contributed by atoms with Gasteiger partial charge in [-0.15, -0.1) is 10.2 Å². The molecule has 0 saturated carbocycles. The van der Waals surface area contributed by atoms with Crippen molar-refractivity contribution in [1.29, 1.82) is 0 Å². The van der Waals surface area contributed by atoms with Gasteiger partial charge in [0.1, 0.15) is 5.69 Å². The number of H-pyrrole nitrogens is 1. The van der Waals surface area contributed by atoms with E-state index in [9.17, 15) is 4.79 Å². The summed E-state index contributed by atoms with van der Waals surface area (Å²) < 4.78 is 0. The first-order valence-electron chi connectivity index (χ1n) is 5.90. The van der Waals surface area contributed by atoms with Gasteiger partial charge in [0.25, 0.3) is 5.56 Å². The topological polar surface area (TPSA) is 82.7 Å². The number of anilines is 1. The Labute approximate surface area is 110 Å². The molecule has 0 radical (unpaired) electrons. The first kappa shape index (κ1) is 12.8. The highest BCUT2D eigenvalue weighted by Crippen LogP contribution is 1.99. The minimum atomic E-state index is -0.257. The molecule has 1 aromatic carbocycles. The van der Waals surface area contributed by atoms with Crippen LogP contribution in [0.5, 0.6) is 0 Å². The molecule has 6 nitrogen and oxygen atoms in total. The van der Waals surface area contributed by atoms with Crippen molar-refractivity contribution in [2.75, 3.05) is 5.43 Å². The Morgan fingerprint density at radius 2 is 2.05 bits per heavy atom. The van der Waals surface area contributed by atoms with Crippen molar-refractivity contribution in [3.05, 3.63) is 64.2 Å². The summed E-state index contributed by atoms with van der Waals surface area (Å²) in [7, 11) is 0. The van der Waals surface area contributed by atoms with Gasteiger partial charge in [0.15, 0.2) is 0 Å². The summed E-state index contributed by atoms with van der Waals surface area (Å²) in [4.78, 5) is 13.8. The molecule has 2 rings (SSSR count). The summed E-state index contributed by atoms with van der Waals surface area (Å²) in [5.41, 5.74) is 6.86. The van der Waals surface area contributed by atoms with E-state index >= 15 is 0 Å². The molecule has 0 unspecified atom stereocenters. The van der Waals surface area contributed by atoms with E-state index in [2.05, 4.69) is 38.2 Å². The van der Waals surface area contributed by atoms with Gasteiger partial charge in [-0.1, -0.05) is 36.4 Å². The fourth-order valence-corrected chi connectivity index (χ4v) is 1.43. The third-order valence-corrected chi connectivity index (χ3v) is 2.45. The SMILES string of the molecule is Cc1nnc(NNC=CCc2ccccc2)[nH]c1=O. The number of rotatable bonds is 5. The van der Waals surface area contributed by atoms with Crippen LogP contribution in [-0.4, -0.2) is 15.2 Å². The zero-order valence-electron chi connectivity index (χ0n) is 10.6. The quantitative estimate of drug-likeness (QED) is 0.700. The van der Waals surface area contributed by atoms with Crippen LogP contribution in [0.1, 0.15) is 11.3 Å². The number of benzene rings is 1. The molecule has 1 heterocycles. The summed E-state index contributed by atoms with van der Waals surface area (Å²) in [5, 5.41) is 7.49. The number of nitrogens with one attached hydrogen (secondary N) is 3. The predicted octanol–water partition coefficient (Wildman–Crippen LogP) is 1.15. The fraction of sp³-hybridized carbons (Fsp3) is 0.154. The molecule has 0 bridgehead atoms. The average Bonchev–Trinajstić information content (AvgIpc) is 2.43. The Hall–Kier alpha value is -2.63. The van der Waals surface area contributed by atoms with Crippen molar-refractivity contribution in [1.82, 2.24) is 20.6 Å². The summed E-state index contributed by atoms with van der Waals surface area (Å²) in [6, 6.07) is 10.1. The Kier molecular flexibility index (Phi) is 4.28. The molecule has 0 amide bonds. The molecule has 3 N–H and O–H groups in total. The van der Waals surface area contributed by atoms with Gasteiger partial charge in [0.2, 0.25) is 5.95 Å². The van der Waals surface area contributed by atoms with Gasteiger partial charge >= 0.3 is 0 Å². The second-order valence-corrected chi connectivity index (χ2v) is 3.95. The van der Waals surface area contributed by atoms with Crippen molar-refractivity contribution in [3.8, 4) is 0 Å². The Balaban J connectivity index is 1.80. The van der Waals surface area contributed by atoms with Crippen molar-refractivity contribution in [3.63, 3.8) is 0 Å². The number of hydrogen-bond acceptors (Lipinski definition) is 5. The third-order valence-electron chi connectivity index (χ3n) is 2.45. The number of aromatic amines is 1. The Morgan fingerprint density at radius 1 is 1.26 bits per heavy atom. The lowest BCUT2D eigenvalue weighted by Crippen LogP contribution is -2.22. The summed E-state index contributed by atoms with van der Waals surface area (Å²) in [6.45, 7) is 1.60. The van der Waals surface area contributed by atoms with Crippen LogP contribution >= 0.6 is 0 Å². The minimum Gasteiger partial charge on any atom is -0.306 e. The molecule has 2 aromatic rings. The molecule has 0 aliphatic rings. The average molecular weight is 257 g/mol. The lowest BCUT2D eigenvalue weighted by Gasteiger charge is -2.03. The van der Waals surface area contributed by atoms with E-state index in [0.717, 1.165) is 6.42 Å². The zero-order valence-corrected chi connectivity index (χ0v) is 10.6. The fourth-order valence-electron chi connectivity index (χ4n) is 1.43. The Bertz CT molecular complexity index is 606. The molecule has 0 spiro atoms. The van der Waals surface area contributed by atoms with Crippen LogP contribution in [0, 0.1) is 6.92 Å². The maximum absolute atomic E-state index is 11.3. The third kappa shape index (κ3) is 3.95. The van der Waals surface area contributed by atoms with Gasteiger partial charge in [-0.3, -0.25) is 15.2 Å². The molecule has 0 saturated heterocycles. The van der Waals surface area contributed by atoms with Gasteiger partial charge < -0.3 is 5.43 Å². The van der Waals surface area contributed by atoms with Crippen LogP contribution in [0.2, 0.25) is 0 Å². The van der Waals surface area contributed by atoms with Crippen LogP contribution < -0.4 is 16.4 Å². The lowest BCUT2D eigenvalue weighted by atomic mass is 10.1. The monoisotopic (exact) mass is 257 g/mol. The zero-order chi connectivity index (χ0) is 13.5. The van der Waals surface area contributed by atoms with E-state index in [-0.39, 0.29) is 11.5 Å². The van der Waals surface area contributed by atoms with Gasteiger partial charge in [-0.2, -0.15) is 0 Å². The molecule has 0 aliphatic carbocycles. The van der Waals surface area contributed by atoms with E-state index in [4.69, 9.17) is 0 Å². The molecule has 6 heteroatoms. The number of hydrogen-bond donors (Lipinski definition) is 3. The molecular weight excluding hydrogens is 242 g/mol. The second kappa shape index (κ2) is 6.34. The molecule has 19 heavy (non-hydrogen) atoms. The maximum Gasteiger partial charge on any atom is 0.274 e. The normalized spacial score (nSPS) is 10.6. The summed E-state index contributed by atoms with van der Waals surface area (Å²) in [5.74, 6) is 0.278. The van der Waals surface area contributed by atoms with Crippen LogP contribution in [0.25, 0.3) is 0 Å². The van der Waals surface area contributed by atoms with E-state index in [1.54, 1.807) is 13.1 Å². The number of aryl methyl sites for hydroxylation is 1. The highest BCUT2D eigenvalue weighted by molar-refractivity contribution is 5.21. The van der Waals surface area contributed by atoms with E-state index < -0.39 is 0 Å². The largest absolute Gasteiger partial charge is 0.306 e. The van der Waals surface area contributed by atoms with Crippen molar-refractivity contribution in [2.24, 2.45) is 0 Å². The molecule has 0 atom stereocenters. The van der Waals surface area contributed by atoms with Crippen LogP contribution in [-0.2, 0) is 6.42 Å².